The quantitative estimate of drug-likeness (QED) is 0.870. The van der Waals surface area contributed by atoms with Gasteiger partial charge in [-0.2, -0.15) is 13.2 Å². The zero-order valence-electron chi connectivity index (χ0n) is 7.81. The van der Waals surface area contributed by atoms with Crippen molar-refractivity contribution in [3.8, 4) is 0 Å². The van der Waals surface area contributed by atoms with E-state index in [1.807, 2.05) is 0 Å². The van der Waals surface area contributed by atoms with E-state index in [0.717, 1.165) is 18.2 Å². The molecule has 0 atom stereocenters. The number of rotatable bonds is 2. The predicted molar refractivity (Wildman–Crippen MR) is 53.5 cm³/mol. The van der Waals surface area contributed by atoms with Crippen molar-refractivity contribution in [2.45, 2.75) is 6.18 Å². The van der Waals surface area contributed by atoms with Gasteiger partial charge in [0, 0.05) is 0 Å². The van der Waals surface area contributed by atoms with E-state index < -0.39 is 17.7 Å². The predicted octanol–water partition coefficient (Wildman–Crippen LogP) is 3.61. The number of carbonyl (C=O) groups is 1. The van der Waals surface area contributed by atoms with Crippen LogP contribution in [0.25, 0.3) is 5.57 Å². The van der Waals surface area contributed by atoms with E-state index in [4.69, 9.17) is 16.7 Å². The number of carboxylic acid groups (broad SMARTS) is 1. The molecule has 0 aliphatic carbocycles. The van der Waals surface area contributed by atoms with Crippen molar-refractivity contribution in [2.75, 3.05) is 0 Å². The molecule has 86 valence electrons. The number of alkyl halides is 3. The summed E-state index contributed by atoms with van der Waals surface area (Å²) in [5.74, 6) is -1.30. The van der Waals surface area contributed by atoms with E-state index in [1.54, 1.807) is 0 Å². The summed E-state index contributed by atoms with van der Waals surface area (Å²) in [7, 11) is 0. The second-order valence-corrected chi connectivity index (χ2v) is 3.38. The van der Waals surface area contributed by atoms with Gasteiger partial charge < -0.3 is 5.11 Å². The molecule has 1 aromatic carbocycles. The highest BCUT2D eigenvalue weighted by Crippen LogP contribution is 2.33. The van der Waals surface area contributed by atoms with Crippen molar-refractivity contribution in [2.24, 2.45) is 0 Å². The average Bonchev–Trinajstić information content (AvgIpc) is 2.14. The number of allylic oxidation sites excluding steroid dienone is 1. The average molecular weight is 251 g/mol. The Hall–Kier alpha value is -1.49. The lowest BCUT2D eigenvalue weighted by atomic mass is 10.1. The van der Waals surface area contributed by atoms with Gasteiger partial charge in [0.15, 0.2) is 0 Å². The molecular weight excluding hydrogens is 245 g/mol. The van der Waals surface area contributed by atoms with Gasteiger partial charge in [0.25, 0.3) is 0 Å². The summed E-state index contributed by atoms with van der Waals surface area (Å²) in [5, 5.41) is 8.37. The second-order valence-electron chi connectivity index (χ2n) is 2.98. The molecule has 0 aromatic heterocycles. The van der Waals surface area contributed by atoms with Crippen molar-refractivity contribution < 1.29 is 23.1 Å². The smallest absolute Gasteiger partial charge is 0.416 e. The molecule has 0 aliphatic heterocycles. The number of carboxylic acids is 1. The number of aromatic carboxylic acids is 1. The van der Waals surface area contributed by atoms with E-state index in [0.29, 0.717) is 0 Å². The Morgan fingerprint density at radius 2 is 1.94 bits per heavy atom. The molecule has 0 aliphatic rings. The van der Waals surface area contributed by atoms with Crippen molar-refractivity contribution in [3.63, 3.8) is 0 Å². The van der Waals surface area contributed by atoms with E-state index in [-0.39, 0.29) is 16.1 Å². The van der Waals surface area contributed by atoms with Gasteiger partial charge in [-0.15, -0.1) is 0 Å². The lowest BCUT2D eigenvalue weighted by Gasteiger charge is -2.10. The Kier molecular flexibility index (Phi) is 3.28. The lowest BCUT2D eigenvalue weighted by molar-refractivity contribution is -0.0686. The van der Waals surface area contributed by atoms with Gasteiger partial charge in [-0.3, -0.25) is 0 Å². The van der Waals surface area contributed by atoms with Crippen LogP contribution >= 0.6 is 11.6 Å². The molecule has 0 spiro atoms. The van der Waals surface area contributed by atoms with Gasteiger partial charge in [-0.25, -0.2) is 4.79 Å². The van der Waals surface area contributed by atoms with Gasteiger partial charge >= 0.3 is 12.1 Å². The summed E-state index contributed by atoms with van der Waals surface area (Å²) in [6.07, 6.45) is -4.56. The molecule has 1 N–H and O–H groups in total. The molecule has 0 bridgehead atoms. The first-order valence-electron chi connectivity index (χ1n) is 4.03. The Morgan fingerprint density at radius 1 is 1.38 bits per heavy atom. The molecule has 0 unspecified atom stereocenters. The molecule has 0 saturated heterocycles. The molecule has 0 saturated carbocycles. The highest BCUT2D eigenvalue weighted by atomic mass is 35.5. The molecule has 2 nitrogen and oxygen atoms in total. The van der Waals surface area contributed by atoms with Crippen molar-refractivity contribution in [1.29, 1.82) is 0 Å². The Morgan fingerprint density at radius 3 is 2.31 bits per heavy atom. The van der Waals surface area contributed by atoms with Crippen molar-refractivity contribution >= 4 is 23.1 Å². The summed E-state index contributed by atoms with van der Waals surface area (Å²) in [4.78, 5) is 10.6. The van der Waals surface area contributed by atoms with Gasteiger partial charge in [-0.05, 0) is 17.7 Å². The highest BCUT2D eigenvalue weighted by Gasteiger charge is 2.33. The maximum Gasteiger partial charge on any atom is 0.416 e. The second kappa shape index (κ2) is 4.17. The first-order valence-corrected chi connectivity index (χ1v) is 4.40. The molecule has 0 radical (unpaired) electrons. The normalized spacial score (nSPS) is 11.2. The SMILES string of the molecule is C=C(c1ccc(C(=O)O)c(Cl)c1)C(F)(F)F. The molecule has 0 amide bonds. The van der Waals surface area contributed by atoms with Crippen LogP contribution in [0.3, 0.4) is 0 Å². The van der Waals surface area contributed by atoms with Crippen LogP contribution in [0.2, 0.25) is 5.02 Å². The molecular formula is C10H6ClF3O2. The van der Waals surface area contributed by atoms with Gasteiger partial charge in [0.05, 0.1) is 16.2 Å². The number of hydrogen-bond acceptors (Lipinski definition) is 1. The van der Waals surface area contributed by atoms with Crippen LogP contribution < -0.4 is 0 Å². The third-order valence-corrected chi connectivity index (χ3v) is 2.20. The largest absolute Gasteiger partial charge is 0.478 e. The van der Waals surface area contributed by atoms with E-state index in [9.17, 15) is 18.0 Å². The van der Waals surface area contributed by atoms with Crippen molar-refractivity contribution in [1.82, 2.24) is 0 Å². The van der Waals surface area contributed by atoms with Crippen LogP contribution in [-0.4, -0.2) is 17.3 Å². The molecule has 1 rings (SSSR count). The Labute approximate surface area is 94.0 Å². The van der Waals surface area contributed by atoms with E-state index in [1.165, 1.54) is 0 Å². The highest BCUT2D eigenvalue weighted by molar-refractivity contribution is 6.33. The third kappa shape index (κ3) is 2.55. The number of halogens is 4. The standard InChI is InChI=1S/C10H6ClF3O2/c1-5(10(12,13)14)6-2-3-7(9(15)16)8(11)4-6/h2-4H,1H2,(H,15,16). The lowest BCUT2D eigenvalue weighted by Crippen LogP contribution is -2.10. The van der Waals surface area contributed by atoms with E-state index >= 15 is 0 Å². The fourth-order valence-corrected chi connectivity index (χ4v) is 1.30. The van der Waals surface area contributed by atoms with Gasteiger partial charge in [-0.1, -0.05) is 24.2 Å². The molecule has 0 heterocycles. The van der Waals surface area contributed by atoms with Gasteiger partial charge in [0.2, 0.25) is 0 Å². The van der Waals surface area contributed by atoms with Crippen LogP contribution in [0, 0.1) is 0 Å². The van der Waals surface area contributed by atoms with E-state index in [2.05, 4.69) is 6.58 Å². The van der Waals surface area contributed by atoms with Crippen LogP contribution in [0.1, 0.15) is 15.9 Å². The Balaban J connectivity index is 3.17. The third-order valence-electron chi connectivity index (χ3n) is 1.89. The fraction of sp³-hybridized carbons (Fsp3) is 0.100. The zero-order chi connectivity index (χ0) is 12.5. The van der Waals surface area contributed by atoms with Crippen molar-refractivity contribution in [3.05, 3.63) is 40.9 Å². The fourth-order valence-electron chi connectivity index (χ4n) is 1.04. The molecule has 0 fully saturated rings. The minimum absolute atomic E-state index is 0.248. The number of benzene rings is 1. The van der Waals surface area contributed by atoms with Gasteiger partial charge in [0.1, 0.15) is 0 Å². The summed E-state index contributed by atoms with van der Waals surface area (Å²) in [5.41, 5.74) is -1.56. The monoisotopic (exact) mass is 250 g/mol. The molecule has 16 heavy (non-hydrogen) atoms. The maximum absolute atomic E-state index is 12.3. The summed E-state index contributed by atoms with van der Waals surface area (Å²) >= 11 is 5.53. The summed E-state index contributed by atoms with van der Waals surface area (Å²) in [6, 6.07) is 2.96. The summed E-state index contributed by atoms with van der Waals surface area (Å²) < 4.78 is 36.8. The maximum atomic E-state index is 12.3. The zero-order valence-corrected chi connectivity index (χ0v) is 8.56. The molecule has 6 heteroatoms. The van der Waals surface area contributed by atoms with Crippen LogP contribution in [0.4, 0.5) is 13.2 Å². The first kappa shape index (κ1) is 12.6. The van der Waals surface area contributed by atoms with Crippen LogP contribution in [-0.2, 0) is 0 Å². The Bertz CT molecular complexity index is 452. The minimum atomic E-state index is -4.56. The first-order chi connectivity index (χ1) is 7.23. The van der Waals surface area contributed by atoms with Crippen LogP contribution in [0.15, 0.2) is 24.8 Å². The minimum Gasteiger partial charge on any atom is -0.478 e. The summed E-state index contributed by atoms with van der Waals surface area (Å²) in [6.45, 7) is 2.88. The molecule has 1 aromatic rings. The topological polar surface area (TPSA) is 37.3 Å². The van der Waals surface area contributed by atoms with Crippen LogP contribution in [0.5, 0.6) is 0 Å². The number of hydrogen-bond donors (Lipinski definition) is 1.